The van der Waals surface area contributed by atoms with Gasteiger partial charge in [0.25, 0.3) is 0 Å². The molecule has 1 saturated carbocycles. The molecule has 0 radical (unpaired) electrons. The Balaban J connectivity index is 1.97. The number of aliphatic hydroxyl groups is 1. The summed E-state index contributed by atoms with van der Waals surface area (Å²) in [6.07, 6.45) is 1.35. The van der Waals surface area contributed by atoms with Crippen molar-refractivity contribution in [1.82, 2.24) is 4.90 Å². The molecule has 19 heavy (non-hydrogen) atoms. The van der Waals surface area contributed by atoms with E-state index in [0.29, 0.717) is 17.6 Å². The maximum absolute atomic E-state index is 13.3. The molecular formula is C13H17ClFN3O. The largest absolute Gasteiger partial charge is 0.386 e. The summed E-state index contributed by atoms with van der Waals surface area (Å²) in [6, 6.07) is 4.67. The summed E-state index contributed by atoms with van der Waals surface area (Å²) in [4.78, 5) is 6.03. The van der Waals surface area contributed by atoms with Crippen molar-refractivity contribution in [3.8, 4) is 0 Å². The second kappa shape index (κ2) is 5.75. The van der Waals surface area contributed by atoms with Crippen LogP contribution < -0.4 is 5.73 Å². The van der Waals surface area contributed by atoms with Gasteiger partial charge in [0.15, 0.2) is 5.96 Å². The summed E-state index contributed by atoms with van der Waals surface area (Å²) in [5.74, 6) is -0.152. The summed E-state index contributed by atoms with van der Waals surface area (Å²) in [7, 11) is 1.88. The molecular weight excluding hydrogens is 269 g/mol. The molecule has 0 aromatic heterocycles. The molecule has 1 aliphatic rings. The maximum Gasteiger partial charge on any atom is 0.191 e. The van der Waals surface area contributed by atoms with Gasteiger partial charge in [-0.2, -0.15) is 0 Å². The average molecular weight is 286 g/mol. The number of guanidine groups is 1. The van der Waals surface area contributed by atoms with Crippen LogP contribution in [0.1, 0.15) is 24.5 Å². The van der Waals surface area contributed by atoms with Crippen LogP contribution in [0.5, 0.6) is 0 Å². The van der Waals surface area contributed by atoms with Gasteiger partial charge in [-0.1, -0.05) is 17.7 Å². The summed E-state index contributed by atoms with van der Waals surface area (Å²) >= 11 is 5.59. The third-order valence-corrected chi connectivity index (χ3v) is 3.52. The third-order valence-electron chi connectivity index (χ3n) is 3.21. The molecule has 0 spiro atoms. The van der Waals surface area contributed by atoms with Crippen LogP contribution in [-0.4, -0.2) is 35.6 Å². The molecule has 0 amide bonds. The fraction of sp³-hybridized carbons (Fsp3) is 0.462. The van der Waals surface area contributed by atoms with Crippen molar-refractivity contribution in [2.24, 2.45) is 10.7 Å². The van der Waals surface area contributed by atoms with Crippen molar-refractivity contribution < 1.29 is 9.50 Å². The maximum atomic E-state index is 13.3. The molecule has 1 aliphatic carbocycles. The molecule has 6 heteroatoms. The predicted octanol–water partition coefficient (Wildman–Crippen LogP) is 1.92. The van der Waals surface area contributed by atoms with Crippen molar-refractivity contribution in [1.29, 1.82) is 0 Å². The van der Waals surface area contributed by atoms with Crippen LogP contribution in [-0.2, 0) is 0 Å². The molecule has 1 atom stereocenters. The van der Waals surface area contributed by atoms with Crippen LogP contribution in [0.3, 0.4) is 0 Å². The predicted molar refractivity (Wildman–Crippen MR) is 73.6 cm³/mol. The summed E-state index contributed by atoms with van der Waals surface area (Å²) in [5, 5.41) is 9.96. The Kier molecular flexibility index (Phi) is 4.27. The van der Waals surface area contributed by atoms with E-state index in [9.17, 15) is 9.50 Å². The standard InChI is InChI=1S/C13H17ClFN3O/c1-18(9-3-4-9)13(16)17-7-12(19)8-2-5-10(14)11(15)6-8/h2,5-6,9,12,19H,3-4,7H2,1H3,(H2,16,17). The van der Waals surface area contributed by atoms with Gasteiger partial charge in [0.2, 0.25) is 0 Å². The first kappa shape index (κ1) is 14.1. The number of benzene rings is 1. The van der Waals surface area contributed by atoms with E-state index < -0.39 is 11.9 Å². The van der Waals surface area contributed by atoms with Gasteiger partial charge >= 0.3 is 0 Å². The molecule has 2 rings (SSSR count). The van der Waals surface area contributed by atoms with E-state index in [1.54, 1.807) is 6.07 Å². The van der Waals surface area contributed by atoms with Gasteiger partial charge in [-0.25, -0.2) is 4.39 Å². The minimum Gasteiger partial charge on any atom is -0.386 e. The Morgan fingerprint density at radius 2 is 2.32 bits per heavy atom. The zero-order valence-electron chi connectivity index (χ0n) is 10.7. The SMILES string of the molecule is CN(C(N)=NCC(O)c1ccc(Cl)c(F)c1)C1CC1. The second-order valence-electron chi connectivity index (χ2n) is 4.73. The van der Waals surface area contributed by atoms with E-state index >= 15 is 0 Å². The van der Waals surface area contributed by atoms with Crippen LogP contribution in [0.4, 0.5) is 4.39 Å². The second-order valence-corrected chi connectivity index (χ2v) is 5.14. The van der Waals surface area contributed by atoms with Crippen LogP contribution in [0, 0.1) is 5.82 Å². The topological polar surface area (TPSA) is 61.8 Å². The van der Waals surface area contributed by atoms with E-state index in [1.165, 1.54) is 12.1 Å². The molecule has 104 valence electrons. The highest BCUT2D eigenvalue weighted by Crippen LogP contribution is 2.25. The molecule has 1 aromatic rings. The van der Waals surface area contributed by atoms with Crippen molar-refractivity contribution in [2.75, 3.05) is 13.6 Å². The minimum atomic E-state index is -0.891. The monoisotopic (exact) mass is 285 g/mol. The number of hydrogen-bond acceptors (Lipinski definition) is 2. The van der Waals surface area contributed by atoms with E-state index in [4.69, 9.17) is 17.3 Å². The van der Waals surface area contributed by atoms with Gasteiger partial charge in [-0.05, 0) is 30.5 Å². The molecule has 0 heterocycles. The Labute approximate surface area is 116 Å². The smallest absolute Gasteiger partial charge is 0.191 e. The first-order valence-corrected chi connectivity index (χ1v) is 6.52. The molecule has 0 bridgehead atoms. The Morgan fingerprint density at radius 3 is 2.89 bits per heavy atom. The summed E-state index contributed by atoms with van der Waals surface area (Å²) < 4.78 is 13.3. The Morgan fingerprint density at radius 1 is 1.63 bits per heavy atom. The van der Waals surface area contributed by atoms with Crippen LogP contribution >= 0.6 is 11.6 Å². The summed E-state index contributed by atoms with van der Waals surface area (Å²) in [5.41, 5.74) is 6.25. The molecule has 1 fully saturated rings. The molecule has 1 unspecified atom stereocenters. The lowest BCUT2D eigenvalue weighted by atomic mass is 10.1. The number of rotatable bonds is 4. The van der Waals surface area contributed by atoms with Crippen LogP contribution in [0.2, 0.25) is 5.02 Å². The van der Waals surface area contributed by atoms with E-state index in [1.807, 2.05) is 11.9 Å². The first-order valence-electron chi connectivity index (χ1n) is 6.15. The third kappa shape index (κ3) is 3.58. The van der Waals surface area contributed by atoms with Crippen molar-refractivity contribution in [2.45, 2.75) is 25.0 Å². The number of hydrogen-bond donors (Lipinski definition) is 2. The highest BCUT2D eigenvalue weighted by atomic mass is 35.5. The zero-order valence-corrected chi connectivity index (χ0v) is 11.4. The molecule has 0 saturated heterocycles. The van der Waals surface area contributed by atoms with E-state index in [0.717, 1.165) is 12.8 Å². The lowest BCUT2D eigenvalue weighted by Crippen LogP contribution is -2.36. The summed E-state index contributed by atoms with van der Waals surface area (Å²) in [6.45, 7) is 0.101. The fourth-order valence-electron chi connectivity index (χ4n) is 1.77. The number of nitrogens with zero attached hydrogens (tertiary/aromatic N) is 2. The van der Waals surface area contributed by atoms with Crippen molar-refractivity contribution in [3.05, 3.63) is 34.6 Å². The fourth-order valence-corrected chi connectivity index (χ4v) is 1.88. The van der Waals surface area contributed by atoms with Crippen molar-refractivity contribution in [3.63, 3.8) is 0 Å². The quantitative estimate of drug-likeness (QED) is 0.656. The van der Waals surface area contributed by atoms with E-state index in [-0.39, 0.29) is 11.6 Å². The first-order chi connectivity index (χ1) is 8.99. The van der Waals surface area contributed by atoms with Gasteiger partial charge in [-0.15, -0.1) is 0 Å². The van der Waals surface area contributed by atoms with Gasteiger partial charge in [0.1, 0.15) is 5.82 Å². The number of halogens is 2. The molecule has 0 aliphatic heterocycles. The average Bonchev–Trinajstić information content (AvgIpc) is 3.22. The highest BCUT2D eigenvalue weighted by molar-refractivity contribution is 6.30. The number of aliphatic imine (C=N–C) groups is 1. The highest BCUT2D eigenvalue weighted by Gasteiger charge is 2.27. The molecule has 3 N–H and O–H groups in total. The van der Waals surface area contributed by atoms with Crippen LogP contribution in [0.15, 0.2) is 23.2 Å². The van der Waals surface area contributed by atoms with Crippen LogP contribution in [0.25, 0.3) is 0 Å². The normalized spacial score (nSPS) is 17.4. The Hall–Kier alpha value is -1.33. The molecule has 1 aromatic carbocycles. The molecule has 4 nitrogen and oxygen atoms in total. The minimum absolute atomic E-state index is 0.0347. The zero-order chi connectivity index (χ0) is 14.0. The number of aliphatic hydroxyl groups excluding tert-OH is 1. The van der Waals surface area contributed by atoms with E-state index in [2.05, 4.69) is 4.99 Å². The van der Waals surface area contributed by atoms with Gasteiger partial charge in [0, 0.05) is 13.1 Å². The number of nitrogens with two attached hydrogens (primary N) is 1. The lowest BCUT2D eigenvalue weighted by molar-refractivity contribution is 0.186. The van der Waals surface area contributed by atoms with Gasteiger partial charge in [0.05, 0.1) is 17.7 Å². The Bertz CT molecular complexity index is 491. The van der Waals surface area contributed by atoms with Gasteiger partial charge in [-0.3, -0.25) is 4.99 Å². The van der Waals surface area contributed by atoms with Crippen molar-refractivity contribution >= 4 is 17.6 Å². The van der Waals surface area contributed by atoms with Gasteiger partial charge < -0.3 is 15.7 Å². The lowest BCUT2D eigenvalue weighted by Gasteiger charge is -2.17.